The van der Waals surface area contributed by atoms with E-state index < -0.39 is 11.6 Å². The molecule has 2 aliphatic heterocycles. The first-order valence-corrected chi connectivity index (χ1v) is 11.2. The largest absolute Gasteiger partial charge is 0.325 e. The molecule has 0 bridgehead atoms. The van der Waals surface area contributed by atoms with E-state index in [0.717, 1.165) is 29.9 Å². The lowest BCUT2D eigenvalue weighted by molar-refractivity contribution is -0.137. The molecule has 0 unspecified atom stereocenters. The van der Waals surface area contributed by atoms with Gasteiger partial charge in [-0.1, -0.05) is 47.8 Å². The van der Waals surface area contributed by atoms with Crippen molar-refractivity contribution in [1.82, 2.24) is 15.1 Å². The molecule has 2 saturated heterocycles. The van der Waals surface area contributed by atoms with E-state index in [-0.39, 0.29) is 18.4 Å². The molecule has 7 nitrogen and oxygen atoms in total. The van der Waals surface area contributed by atoms with E-state index in [4.69, 9.17) is 23.2 Å². The third-order valence-electron chi connectivity index (χ3n) is 5.41. The summed E-state index contributed by atoms with van der Waals surface area (Å²) in [5, 5.41) is 4.15. The highest BCUT2D eigenvalue weighted by Crippen LogP contribution is 2.35. The lowest BCUT2D eigenvalue weighted by Gasteiger charge is -2.29. The first-order valence-electron chi connectivity index (χ1n) is 9.51. The van der Waals surface area contributed by atoms with Crippen LogP contribution < -0.4 is 5.32 Å². The number of amidine groups is 1. The number of thioether (sulfide) groups is 1. The van der Waals surface area contributed by atoms with Crippen LogP contribution in [0.25, 0.3) is 0 Å². The summed E-state index contributed by atoms with van der Waals surface area (Å²) < 4.78 is 0. The van der Waals surface area contributed by atoms with Crippen molar-refractivity contribution >= 4 is 63.7 Å². The second-order valence-corrected chi connectivity index (χ2v) is 9.23. The van der Waals surface area contributed by atoms with Crippen molar-refractivity contribution in [3.63, 3.8) is 0 Å². The summed E-state index contributed by atoms with van der Waals surface area (Å²) in [4.78, 5) is 45.3. The van der Waals surface area contributed by atoms with Crippen molar-refractivity contribution in [3.8, 4) is 0 Å². The Bertz CT molecular complexity index is 901. The van der Waals surface area contributed by atoms with Crippen LogP contribution in [0.2, 0.25) is 10.0 Å². The molecule has 154 valence electrons. The number of amides is 4. The SMILES string of the molecule is O=C(CN1C(=O)NC2(CCCC2)C1=O)N1CCCSC1=Nc1ccc(Cl)c(Cl)c1. The van der Waals surface area contributed by atoms with Gasteiger partial charge in [0.2, 0.25) is 5.91 Å². The normalized spacial score (nSPS) is 22.6. The summed E-state index contributed by atoms with van der Waals surface area (Å²) in [6, 6.07) is 4.52. The minimum Gasteiger partial charge on any atom is -0.323 e. The van der Waals surface area contributed by atoms with Crippen LogP contribution in [0.5, 0.6) is 0 Å². The Morgan fingerprint density at radius 3 is 2.66 bits per heavy atom. The molecule has 1 spiro atoms. The molecule has 0 atom stereocenters. The van der Waals surface area contributed by atoms with Gasteiger partial charge in [0, 0.05) is 12.3 Å². The van der Waals surface area contributed by atoms with Crippen molar-refractivity contribution in [1.29, 1.82) is 0 Å². The molecule has 1 saturated carbocycles. The molecule has 0 aromatic heterocycles. The summed E-state index contributed by atoms with van der Waals surface area (Å²) in [5.41, 5.74) is -0.230. The van der Waals surface area contributed by atoms with Crippen LogP contribution in [0.3, 0.4) is 0 Å². The third kappa shape index (κ3) is 3.98. The van der Waals surface area contributed by atoms with Crippen LogP contribution in [0.15, 0.2) is 23.2 Å². The van der Waals surface area contributed by atoms with E-state index in [1.165, 1.54) is 16.7 Å². The highest BCUT2D eigenvalue weighted by atomic mass is 35.5. The quantitative estimate of drug-likeness (QED) is 0.703. The lowest BCUT2D eigenvalue weighted by atomic mass is 9.98. The first kappa shape index (κ1) is 20.5. The second kappa shape index (κ2) is 8.16. The zero-order chi connectivity index (χ0) is 20.6. The molecule has 3 fully saturated rings. The molecule has 1 aromatic carbocycles. The number of benzene rings is 1. The fourth-order valence-corrected chi connectivity index (χ4v) is 5.17. The molecule has 2 heterocycles. The van der Waals surface area contributed by atoms with Gasteiger partial charge in [-0.15, -0.1) is 0 Å². The summed E-state index contributed by atoms with van der Waals surface area (Å²) >= 11 is 13.5. The fourth-order valence-electron chi connectivity index (χ4n) is 3.91. The Hall–Kier alpha value is -1.77. The molecule has 1 N–H and O–H groups in total. The Kier molecular flexibility index (Phi) is 5.77. The number of nitrogens with one attached hydrogen (secondary N) is 1. The van der Waals surface area contributed by atoms with Crippen molar-refractivity contribution in [2.45, 2.75) is 37.6 Å². The number of halogens is 2. The Balaban J connectivity index is 1.52. The number of carbonyl (C=O) groups is 3. The van der Waals surface area contributed by atoms with E-state index >= 15 is 0 Å². The number of urea groups is 1. The molecule has 29 heavy (non-hydrogen) atoms. The lowest BCUT2D eigenvalue weighted by Crippen LogP contribution is -2.48. The van der Waals surface area contributed by atoms with Crippen molar-refractivity contribution in [3.05, 3.63) is 28.2 Å². The van der Waals surface area contributed by atoms with Crippen LogP contribution in [-0.4, -0.2) is 57.2 Å². The standard InChI is InChI=1S/C19H20Cl2N4O3S/c20-13-5-4-12(10-14(13)21)22-18-24(8-3-9-29-18)15(26)11-25-16(27)19(23-17(25)28)6-1-2-7-19/h4-5,10H,1-3,6-9,11H2,(H,23,28). The van der Waals surface area contributed by atoms with Gasteiger partial charge in [0.1, 0.15) is 12.1 Å². The van der Waals surface area contributed by atoms with Gasteiger partial charge in [-0.3, -0.25) is 19.4 Å². The van der Waals surface area contributed by atoms with E-state index in [1.54, 1.807) is 18.2 Å². The molecular formula is C19H20Cl2N4O3S. The van der Waals surface area contributed by atoms with Gasteiger partial charge < -0.3 is 5.32 Å². The molecule has 4 rings (SSSR count). The molecule has 0 radical (unpaired) electrons. The summed E-state index contributed by atoms with van der Waals surface area (Å²) in [5.74, 6) is 0.214. The van der Waals surface area contributed by atoms with E-state index in [9.17, 15) is 14.4 Å². The number of rotatable bonds is 3. The molecular weight excluding hydrogens is 435 g/mol. The van der Waals surface area contributed by atoms with Crippen LogP contribution in [0.4, 0.5) is 10.5 Å². The van der Waals surface area contributed by atoms with Gasteiger partial charge in [0.15, 0.2) is 5.17 Å². The van der Waals surface area contributed by atoms with E-state index in [0.29, 0.717) is 40.3 Å². The molecule has 1 aliphatic carbocycles. The van der Waals surface area contributed by atoms with Gasteiger partial charge in [0.25, 0.3) is 5.91 Å². The number of aliphatic imine (C=N–C) groups is 1. The highest BCUT2D eigenvalue weighted by Gasteiger charge is 2.53. The maximum absolute atomic E-state index is 13.0. The number of imide groups is 1. The topological polar surface area (TPSA) is 82.1 Å². The van der Waals surface area contributed by atoms with E-state index in [2.05, 4.69) is 10.3 Å². The van der Waals surface area contributed by atoms with Gasteiger partial charge >= 0.3 is 6.03 Å². The highest BCUT2D eigenvalue weighted by molar-refractivity contribution is 8.13. The molecule has 10 heteroatoms. The van der Waals surface area contributed by atoms with Gasteiger partial charge in [-0.25, -0.2) is 9.79 Å². The van der Waals surface area contributed by atoms with Crippen molar-refractivity contribution in [2.24, 2.45) is 4.99 Å². The third-order valence-corrected chi connectivity index (χ3v) is 7.22. The predicted molar refractivity (Wildman–Crippen MR) is 114 cm³/mol. The molecule has 4 amide bonds. The second-order valence-electron chi connectivity index (χ2n) is 7.35. The maximum Gasteiger partial charge on any atom is 0.325 e. The number of hydrogen-bond acceptors (Lipinski definition) is 5. The summed E-state index contributed by atoms with van der Waals surface area (Å²) in [7, 11) is 0. The minimum absolute atomic E-state index is 0.284. The van der Waals surface area contributed by atoms with Crippen LogP contribution in [0.1, 0.15) is 32.1 Å². The first-order chi connectivity index (χ1) is 13.9. The van der Waals surface area contributed by atoms with Crippen LogP contribution in [0, 0.1) is 0 Å². The minimum atomic E-state index is -0.814. The fraction of sp³-hybridized carbons (Fsp3) is 0.474. The zero-order valence-corrected chi connectivity index (χ0v) is 17.9. The monoisotopic (exact) mass is 454 g/mol. The van der Waals surface area contributed by atoms with Crippen LogP contribution >= 0.6 is 35.0 Å². The Labute approximate surface area is 182 Å². The number of nitrogens with zero attached hydrogens (tertiary/aromatic N) is 3. The molecule has 3 aliphatic rings. The number of carbonyl (C=O) groups excluding carboxylic acids is 3. The summed E-state index contributed by atoms with van der Waals surface area (Å²) in [6.45, 7) is 0.203. The van der Waals surface area contributed by atoms with Crippen LogP contribution in [-0.2, 0) is 9.59 Å². The maximum atomic E-state index is 13.0. The Morgan fingerprint density at radius 2 is 1.93 bits per heavy atom. The van der Waals surface area contributed by atoms with Crippen molar-refractivity contribution < 1.29 is 14.4 Å². The number of hydrogen-bond donors (Lipinski definition) is 1. The van der Waals surface area contributed by atoms with E-state index in [1.807, 2.05) is 0 Å². The van der Waals surface area contributed by atoms with Crippen molar-refractivity contribution in [2.75, 3.05) is 18.8 Å². The van der Waals surface area contributed by atoms with Gasteiger partial charge in [-0.05, 0) is 37.5 Å². The zero-order valence-electron chi connectivity index (χ0n) is 15.6. The predicted octanol–water partition coefficient (Wildman–Crippen LogP) is 3.81. The molecule has 1 aromatic rings. The van der Waals surface area contributed by atoms with Gasteiger partial charge in [-0.2, -0.15) is 0 Å². The summed E-state index contributed by atoms with van der Waals surface area (Å²) in [6.07, 6.45) is 3.87. The average Bonchev–Trinajstić information content (AvgIpc) is 3.26. The average molecular weight is 455 g/mol. The van der Waals surface area contributed by atoms with Gasteiger partial charge in [0.05, 0.1) is 15.7 Å². The Morgan fingerprint density at radius 1 is 1.17 bits per heavy atom. The smallest absolute Gasteiger partial charge is 0.323 e.